The lowest BCUT2D eigenvalue weighted by molar-refractivity contribution is 0.0390. The number of nitrogens with one attached hydrogen (secondary N) is 2. The average Bonchev–Trinajstić information content (AvgIpc) is 3.42. The lowest BCUT2D eigenvalue weighted by Crippen LogP contribution is -2.41. The van der Waals surface area contributed by atoms with E-state index in [9.17, 15) is 8.42 Å². The molecular formula is C21H24N8O3S2. The van der Waals surface area contributed by atoms with Crippen LogP contribution in [0.25, 0.3) is 15.3 Å². The Morgan fingerprint density at radius 1 is 1.09 bits per heavy atom. The van der Waals surface area contributed by atoms with Crippen molar-refractivity contribution >= 4 is 49.2 Å². The van der Waals surface area contributed by atoms with E-state index >= 15 is 0 Å². The number of morpholine rings is 1. The number of ether oxygens (including phenoxy) is 1. The van der Waals surface area contributed by atoms with Gasteiger partial charge in [-0.3, -0.25) is 4.90 Å². The van der Waals surface area contributed by atoms with Gasteiger partial charge in [-0.1, -0.05) is 29.5 Å². The molecule has 0 saturated carbocycles. The van der Waals surface area contributed by atoms with Gasteiger partial charge in [0.1, 0.15) is 0 Å². The van der Waals surface area contributed by atoms with E-state index in [-0.39, 0.29) is 16.8 Å². The molecule has 34 heavy (non-hydrogen) atoms. The molecule has 4 N–H and O–H groups in total. The van der Waals surface area contributed by atoms with Gasteiger partial charge in [-0.2, -0.15) is 9.67 Å². The normalized spacial score (nSPS) is 15.1. The van der Waals surface area contributed by atoms with Crippen molar-refractivity contribution in [3.63, 3.8) is 0 Å². The summed E-state index contributed by atoms with van der Waals surface area (Å²) in [6, 6.07) is 14.2. The summed E-state index contributed by atoms with van der Waals surface area (Å²) in [4.78, 5) is 11.1. The maximum Gasteiger partial charge on any atom is 0.248 e. The Hall–Kier alpha value is -3.10. The van der Waals surface area contributed by atoms with Crippen LogP contribution in [-0.2, 0) is 14.8 Å². The van der Waals surface area contributed by atoms with E-state index in [1.165, 1.54) is 22.1 Å². The Morgan fingerprint density at radius 3 is 2.74 bits per heavy atom. The highest BCUT2D eigenvalue weighted by atomic mass is 32.2. The van der Waals surface area contributed by atoms with Crippen LogP contribution >= 0.6 is 11.3 Å². The molecule has 0 aliphatic carbocycles. The smallest absolute Gasteiger partial charge is 0.248 e. The van der Waals surface area contributed by atoms with Crippen molar-refractivity contribution in [2.75, 3.05) is 50.4 Å². The van der Waals surface area contributed by atoms with Gasteiger partial charge in [0.05, 0.1) is 28.3 Å². The molecule has 1 aliphatic heterocycles. The predicted octanol–water partition coefficient (Wildman–Crippen LogP) is 1.81. The molecule has 4 aromatic rings. The van der Waals surface area contributed by atoms with Crippen molar-refractivity contribution in [3.8, 4) is 5.13 Å². The second-order valence-corrected chi connectivity index (χ2v) is 10.5. The molecule has 2 aromatic heterocycles. The van der Waals surface area contributed by atoms with E-state index in [0.29, 0.717) is 37.1 Å². The minimum atomic E-state index is -3.66. The second-order valence-electron chi connectivity index (χ2n) is 7.67. The minimum Gasteiger partial charge on any atom is -0.379 e. The number of aromatic nitrogens is 4. The van der Waals surface area contributed by atoms with Crippen LogP contribution in [0.2, 0.25) is 0 Å². The SMILES string of the molecule is Nc1nc(Nc2cccc(S(=O)(=O)NCCN3CCOCC3)c2)nn1-c1nc2ccccc2s1. The molecule has 13 heteroatoms. The number of hydrogen-bond donors (Lipinski definition) is 3. The molecule has 0 bridgehead atoms. The number of para-hydroxylation sites is 1. The largest absolute Gasteiger partial charge is 0.379 e. The average molecular weight is 501 g/mol. The number of nitrogens with zero attached hydrogens (tertiary/aromatic N) is 5. The first-order chi connectivity index (χ1) is 16.5. The topological polar surface area (TPSA) is 140 Å². The first kappa shape index (κ1) is 22.7. The van der Waals surface area contributed by atoms with Crippen LogP contribution in [0, 0.1) is 0 Å². The number of nitrogens with two attached hydrogens (primary N) is 1. The van der Waals surface area contributed by atoms with Gasteiger partial charge in [0.2, 0.25) is 27.1 Å². The van der Waals surface area contributed by atoms with Gasteiger partial charge >= 0.3 is 0 Å². The molecule has 0 spiro atoms. The van der Waals surface area contributed by atoms with Crippen molar-refractivity contribution < 1.29 is 13.2 Å². The Balaban J connectivity index is 1.28. The number of nitrogen functional groups attached to an aromatic ring is 1. The summed E-state index contributed by atoms with van der Waals surface area (Å²) in [5, 5.41) is 8.03. The number of fused-ring (bicyclic) bond motifs is 1. The van der Waals surface area contributed by atoms with Gasteiger partial charge in [0.25, 0.3) is 0 Å². The molecule has 1 saturated heterocycles. The fourth-order valence-electron chi connectivity index (χ4n) is 3.58. The van der Waals surface area contributed by atoms with E-state index in [4.69, 9.17) is 10.5 Å². The summed E-state index contributed by atoms with van der Waals surface area (Å²) in [7, 11) is -3.66. The van der Waals surface area contributed by atoms with Gasteiger partial charge < -0.3 is 15.8 Å². The van der Waals surface area contributed by atoms with Gasteiger partial charge in [-0.25, -0.2) is 18.1 Å². The highest BCUT2D eigenvalue weighted by Gasteiger charge is 2.17. The number of anilines is 3. The molecule has 0 radical (unpaired) electrons. The fourth-order valence-corrected chi connectivity index (χ4v) is 5.58. The molecule has 1 aliphatic rings. The van der Waals surface area contributed by atoms with E-state index in [0.717, 1.165) is 23.3 Å². The molecule has 11 nitrogen and oxygen atoms in total. The van der Waals surface area contributed by atoms with Gasteiger partial charge in [0, 0.05) is 31.9 Å². The highest BCUT2D eigenvalue weighted by Crippen LogP contribution is 2.26. The quantitative estimate of drug-likeness (QED) is 0.330. The zero-order chi connectivity index (χ0) is 23.5. The van der Waals surface area contributed by atoms with Crippen LogP contribution in [0.15, 0.2) is 53.4 Å². The van der Waals surface area contributed by atoms with E-state index < -0.39 is 10.0 Å². The van der Waals surface area contributed by atoms with Crippen LogP contribution < -0.4 is 15.8 Å². The van der Waals surface area contributed by atoms with Crippen molar-refractivity contribution in [1.82, 2.24) is 29.4 Å². The van der Waals surface area contributed by atoms with E-state index in [2.05, 4.69) is 30.0 Å². The molecule has 5 rings (SSSR count). The monoisotopic (exact) mass is 500 g/mol. The Morgan fingerprint density at radius 2 is 1.91 bits per heavy atom. The third-order valence-corrected chi connectivity index (χ3v) is 7.79. The number of hydrogen-bond acceptors (Lipinski definition) is 10. The maximum atomic E-state index is 12.8. The number of sulfonamides is 1. The summed E-state index contributed by atoms with van der Waals surface area (Å²) in [5.74, 6) is 0.418. The van der Waals surface area contributed by atoms with E-state index in [1.807, 2.05) is 24.3 Å². The first-order valence-electron chi connectivity index (χ1n) is 10.7. The van der Waals surface area contributed by atoms with E-state index in [1.54, 1.807) is 18.2 Å². The zero-order valence-corrected chi connectivity index (χ0v) is 19.8. The highest BCUT2D eigenvalue weighted by molar-refractivity contribution is 7.89. The standard InChI is InChI=1S/C21H24N8O3S2/c22-19-26-20(27-29(19)21-25-17-6-1-2-7-18(17)33-21)24-15-4-3-5-16(14-15)34(30,31)23-8-9-28-10-12-32-13-11-28/h1-7,14,23H,8-13H2,(H3,22,24,26,27). The van der Waals surface area contributed by atoms with Crippen molar-refractivity contribution in [2.24, 2.45) is 0 Å². The lowest BCUT2D eigenvalue weighted by atomic mass is 10.3. The number of thiazole rings is 1. The molecule has 1 fully saturated rings. The molecular weight excluding hydrogens is 476 g/mol. The van der Waals surface area contributed by atoms with Crippen molar-refractivity contribution in [2.45, 2.75) is 4.90 Å². The summed E-state index contributed by atoms with van der Waals surface area (Å²) in [6.07, 6.45) is 0. The molecule has 2 aromatic carbocycles. The molecule has 0 unspecified atom stereocenters. The first-order valence-corrected chi connectivity index (χ1v) is 13.0. The summed E-state index contributed by atoms with van der Waals surface area (Å²) in [6.45, 7) is 3.92. The summed E-state index contributed by atoms with van der Waals surface area (Å²) >= 11 is 1.45. The third kappa shape index (κ3) is 5.03. The maximum absolute atomic E-state index is 12.8. The van der Waals surface area contributed by atoms with Crippen LogP contribution in [-0.4, -0.2) is 72.5 Å². The third-order valence-electron chi connectivity index (χ3n) is 5.32. The second kappa shape index (κ2) is 9.64. The Bertz CT molecular complexity index is 1360. The predicted molar refractivity (Wildman–Crippen MR) is 131 cm³/mol. The van der Waals surface area contributed by atoms with Crippen LogP contribution in [0.5, 0.6) is 0 Å². The molecule has 178 valence electrons. The number of rotatable bonds is 8. The van der Waals surface area contributed by atoms with Crippen molar-refractivity contribution in [1.29, 1.82) is 0 Å². The van der Waals surface area contributed by atoms with Gasteiger partial charge in [0.15, 0.2) is 0 Å². The minimum absolute atomic E-state index is 0.151. The molecule has 0 amide bonds. The summed E-state index contributed by atoms with van der Waals surface area (Å²) in [5.41, 5.74) is 7.44. The van der Waals surface area contributed by atoms with Crippen LogP contribution in [0.4, 0.5) is 17.6 Å². The Kier molecular flexibility index (Phi) is 6.43. The van der Waals surface area contributed by atoms with Crippen LogP contribution in [0.1, 0.15) is 0 Å². The Labute approximate surface area is 200 Å². The lowest BCUT2D eigenvalue weighted by Gasteiger charge is -2.26. The van der Waals surface area contributed by atoms with Gasteiger partial charge in [-0.05, 0) is 30.3 Å². The fraction of sp³-hybridized carbons (Fsp3) is 0.286. The summed E-state index contributed by atoms with van der Waals surface area (Å²) < 4.78 is 36.0. The number of benzene rings is 2. The van der Waals surface area contributed by atoms with Crippen LogP contribution in [0.3, 0.4) is 0 Å². The van der Waals surface area contributed by atoms with Gasteiger partial charge in [-0.15, -0.1) is 5.10 Å². The zero-order valence-electron chi connectivity index (χ0n) is 18.2. The van der Waals surface area contributed by atoms with Crippen molar-refractivity contribution in [3.05, 3.63) is 48.5 Å². The molecule has 0 atom stereocenters. The molecule has 3 heterocycles.